The zero-order valence-corrected chi connectivity index (χ0v) is 12.4. The minimum Gasteiger partial charge on any atom is -0.496 e. The summed E-state index contributed by atoms with van der Waals surface area (Å²) in [6, 6.07) is 8.34. The molecule has 1 unspecified atom stereocenters. The highest BCUT2D eigenvalue weighted by atomic mass is 16.5. The zero-order valence-electron chi connectivity index (χ0n) is 12.4. The van der Waals surface area contributed by atoms with Gasteiger partial charge in [-0.25, -0.2) is 0 Å². The Bertz CT molecular complexity index is 567. The van der Waals surface area contributed by atoms with Crippen molar-refractivity contribution in [3.63, 3.8) is 0 Å². The molecular weight excluding hydrogens is 248 g/mol. The number of ether oxygens (including phenoxy) is 1. The van der Waals surface area contributed by atoms with Gasteiger partial charge < -0.3 is 10.5 Å². The Kier molecular flexibility index (Phi) is 4.74. The molecule has 20 heavy (non-hydrogen) atoms. The molecule has 1 aromatic heterocycles. The Balaban J connectivity index is 2.09. The second-order valence-electron chi connectivity index (χ2n) is 5.18. The van der Waals surface area contributed by atoms with E-state index in [1.54, 1.807) is 7.11 Å². The van der Waals surface area contributed by atoms with Crippen LogP contribution in [0.25, 0.3) is 0 Å². The highest BCUT2D eigenvalue weighted by Crippen LogP contribution is 2.27. The second kappa shape index (κ2) is 6.53. The lowest BCUT2D eigenvalue weighted by molar-refractivity contribution is 0.411. The van der Waals surface area contributed by atoms with Crippen LogP contribution in [0.2, 0.25) is 0 Å². The Morgan fingerprint density at radius 2 is 1.85 bits per heavy atom. The molecule has 0 amide bonds. The molecule has 0 bridgehead atoms. The molecule has 0 saturated carbocycles. The first-order valence-electron chi connectivity index (χ1n) is 6.91. The van der Waals surface area contributed by atoms with Gasteiger partial charge in [0.05, 0.1) is 7.11 Å². The van der Waals surface area contributed by atoms with Gasteiger partial charge in [-0.3, -0.25) is 4.98 Å². The standard InChI is InChI=1S/C17H22N2O/c1-12-11-17(20-3)13(2)10-15(12)16(18)5-4-14-6-8-19-9-7-14/h6-11,16H,4-5,18H2,1-3H3. The quantitative estimate of drug-likeness (QED) is 0.906. The van der Waals surface area contributed by atoms with Crippen molar-refractivity contribution in [2.24, 2.45) is 5.73 Å². The number of pyridine rings is 1. The summed E-state index contributed by atoms with van der Waals surface area (Å²) < 4.78 is 5.34. The smallest absolute Gasteiger partial charge is 0.122 e. The van der Waals surface area contributed by atoms with E-state index in [4.69, 9.17) is 10.5 Å². The van der Waals surface area contributed by atoms with Crippen molar-refractivity contribution in [2.75, 3.05) is 7.11 Å². The largest absolute Gasteiger partial charge is 0.496 e. The Morgan fingerprint density at radius 3 is 2.50 bits per heavy atom. The summed E-state index contributed by atoms with van der Waals surface area (Å²) in [5.41, 5.74) is 11.2. The van der Waals surface area contributed by atoms with E-state index in [-0.39, 0.29) is 6.04 Å². The van der Waals surface area contributed by atoms with Crippen LogP contribution in [0.5, 0.6) is 5.75 Å². The van der Waals surface area contributed by atoms with Crippen LogP contribution in [0, 0.1) is 13.8 Å². The van der Waals surface area contributed by atoms with E-state index in [9.17, 15) is 0 Å². The van der Waals surface area contributed by atoms with Crippen molar-refractivity contribution < 1.29 is 4.74 Å². The molecule has 2 N–H and O–H groups in total. The van der Waals surface area contributed by atoms with Gasteiger partial charge in [-0.05, 0) is 67.1 Å². The molecule has 1 atom stereocenters. The van der Waals surface area contributed by atoms with Gasteiger partial charge >= 0.3 is 0 Å². The predicted molar refractivity (Wildman–Crippen MR) is 82.0 cm³/mol. The maximum Gasteiger partial charge on any atom is 0.122 e. The van der Waals surface area contributed by atoms with Crippen LogP contribution in [0.4, 0.5) is 0 Å². The van der Waals surface area contributed by atoms with E-state index in [0.29, 0.717) is 0 Å². The minimum atomic E-state index is 0.0489. The lowest BCUT2D eigenvalue weighted by Gasteiger charge is -2.17. The van der Waals surface area contributed by atoms with Gasteiger partial charge in [-0.1, -0.05) is 6.07 Å². The average Bonchev–Trinajstić information content (AvgIpc) is 2.47. The summed E-state index contributed by atoms with van der Waals surface area (Å²) in [7, 11) is 1.70. The molecule has 3 heteroatoms. The van der Waals surface area contributed by atoms with Gasteiger partial charge in [-0.2, -0.15) is 0 Å². The van der Waals surface area contributed by atoms with Gasteiger partial charge in [0, 0.05) is 18.4 Å². The third-order valence-electron chi connectivity index (χ3n) is 3.68. The van der Waals surface area contributed by atoms with Crippen molar-refractivity contribution >= 4 is 0 Å². The highest BCUT2D eigenvalue weighted by molar-refractivity contribution is 5.42. The van der Waals surface area contributed by atoms with Crippen molar-refractivity contribution in [1.29, 1.82) is 0 Å². The number of nitrogens with zero attached hydrogens (tertiary/aromatic N) is 1. The third kappa shape index (κ3) is 3.36. The first-order valence-corrected chi connectivity index (χ1v) is 6.91. The topological polar surface area (TPSA) is 48.1 Å². The molecule has 0 saturated heterocycles. The fourth-order valence-electron chi connectivity index (χ4n) is 2.46. The number of hydrogen-bond acceptors (Lipinski definition) is 3. The number of aryl methyl sites for hydroxylation is 3. The molecule has 0 fully saturated rings. The Labute approximate surface area is 120 Å². The van der Waals surface area contributed by atoms with Crippen molar-refractivity contribution in [3.8, 4) is 5.75 Å². The van der Waals surface area contributed by atoms with Gasteiger partial charge in [0.2, 0.25) is 0 Å². The molecule has 1 aromatic carbocycles. The normalized spacial score (nSPS) is 12.2. The summed E-state index contributed by atoms with van der Waals surface area (Å²) >= 11 is 0. The summed E-state index contributed by atoms with van der Waals surface area (Å²) in [4.78, 5) is 4.03. The van der Waals surface area contributed by atoms with Gasteiger partial charge in [-0.15, -0.1) is 0 Å². The predicted octanol–water partition coefficient (Wildman–Crippen LogP) is 3.34. The molecule has 1 heterocycles. The number of hydrogen-bond donors (Lipinski definition) is 1. The van der Waals surface area contributed by atoms with Gasteiger partial charge in [0.15, 0.2) is 0 Å². The Hall–Kier alpha value is -1.87. The van der Waals surface area contributed by atoms with E-state index < -0.39 is 0 Å². The van der Waals surface area contributed by atoms with E-state index in [1.165, 1.54) is 16.7 Å². The van der Waals surface area contributed by atoms with Crippen LogP contribution in [-0.4, -0.2) is 12.1 Å². The zero-order chi connectivity index (χ0) is 14.5. The summed E-state index contributed by atoms with van der Waals surface area (Å²) in [6.07, 6.45) is 5.54. The number of benzene rings is 1. The molecule has 3 nitrogen and oxygen atoms in total. The molecule has 0 aliphatic carbocycles. The van der Waals surface area contributed by atoms with Crippen LogP contribution in [-0.2, 0) is 6.42 Å². The third-order valence-corrected chi connectivity index (χ3v) is 3.68. The number of aromatic nitrogens is 1. The first kappa shape index (κ1) is 14.5. The number of rotatable bonds is 5. The van der Waals surface area contributed by atoms with Crippen LogP contribution < -0.4 is 10.5 Å². The minimum absolute atomic E-state index is 0.0489. The molecule has 2 rings (SSSR count). The van der Waals surface area contributed by atoms with Crippen LogP contribution >= 0.6 is 0 Å². The maximum absolute atomic E-state index is 6.35. The average molecular weight is 270 g/mol. The fraction of sp³-hybridized carbons (Fsp3) is 0.353. The molecule has 106 valence electrons. The van der Waals surface area contributed by atoms with Gasteiger partial charge in [0.25, 0.3) is 0 Å². The summed E-state index contributed by atoms with van der Waals surface area (Å²) in [6.45, 7) is 4.14. The summed E-state index contributed by atoms with van der Waals surface area (Å²) in [5, 5.41) is 0. The van der Waals surface area contributed by atoms with Crippen LogP contribution in [0.3, 0.4) is 0 Å². The maximum atomic E-state index is 6.35. The van der Waals surface area contributed by atoms with Crippen molar-refractivity contribution in [1.82, 2.24) is 4.98 Å². The van der Waals surface area contributed by atoms with E-state index in [1.807, 2.05) is 24.5 Å². The van der Waals surface area contributed by atoms with E-state index in [2.05, 4.69) is 31.0 Å². The van der Waals surface area contributed by atoms with E-state index >= 15 is 0 Å². The van der Waals surface area contributed by atoms with E-state index in [0.717, 1.165) is 24.2 Å². The van der Waals surface area contributed by atoms with Crippen molar-refractivity contribution in [2.45, 2.75) is 32.7 Å². The SMILES string of the molecule is COc1cc(C)c(C(N)CCc2ccncc2)cc1C. The molecule has 0 aliphatic rings. The van der Waals surface area contributed by atoms with Gasteiger partial charge in [0.1, 0.15) is 5.75 Å². The fourth-order valence-corrected chi connectivity index (χ4v) is 2.46. The second-order valence-corrected chi connectivity index (χ2v) is 5.18. The molecule has 0 spiro atoms. The molecule has 2 aromatic rings. The Morgan fingerprint density at radius 1 is 1.15 bits per heavy atom. The van der Waals surface area contributed by atoms with Crippen LogP contribution in [0.15, 0.2) is 36.7 Å². The number of methoxy groups -OCH3 is 1. The lowest BCUT2D eigenvalue weighted by atomic mass is 9.94. The first-order chi connectivity index (χ1) is 9.61. The van der Waals surface area contributed by atoms with Crippen molar-refractivity contribution in [3.05, 3.63) is 58.9 Å². The summed E-state index contributed by atoms with van der Waals surface area (Å²) in [5.74, 6) is 0.924. The monoisotopic (exact) mass is 270 g/mol. The molecule has 0 aliphatic heterocycles. The molecular formula is C17H22N2O. The highest BCUT2D eigenvalue weighted by Gasteiger charge is 2.12. The van der Waals surface area contributed by atoms with Crippen LogP contribution in [0.1, 0.15) is 34.7 Å². The lowest BCUT2D eigenvalue weighted by Crippen LogP contribution is -2.13. The molecule has 0 radical (unpaired) electrons. The number of nitrogens with two attached hydrogens (primary N) is 1.